The third-order valence-electron chi connectivity index (χ3n) is 3.34. The molecule has 1 aromatic carbocycles. The van der Waals surface area contributed by atoms with Crippen molar-refractivity contribution in [2.75, 3.05) is 13.2 Å². The van der Waals surface area contributed by atoms with Crippen LogP contribution in [0.25, 0.3) is 0 Å². The van der Waals surface area contributed by atoms with Crippen molar-refractivity contribution in [3.8, 4) is 0 Å². The lowest BCUT2D eigenvalue weighted by molar-refractivity contribution is 0.114. The lowest BCUT2D eigenvalue weighted by Gasteiger charge is -2.30. The van der Waals surface area contributed by atoms with E-state index < -0.39 is 5.41 Å². The molecule has 0 aliphatic rings. The third kappa shape index (κ3) is 2.86. The molecule has 0 fully saturated rings. The highest BCUT2D eigenvalue weighted by Crippen LogP contribution is 2.29. The van der Waals surface area contributed by atoms with Crippen molar-refractivity contribution in [3.63, 3.8) is 0 Å². The van der Waals surface area contributed by atoms with Gasteiger partial charge in [-0.15, -0.1) is 10.2 Å². The lowest BCUT2D eigenvalue weighted by Crippen LogP contribution is -2.38. The van der Waals surface area contributed by atoms with Gasteiger partial charge in [0.1, 0.15) is 12.2 Å². The summed E-state index contributed by atoms with van der Waals surface area (Å²) in [5.74, 6) is 0.725. The Morgan fingerprint density at radius 2 is 2.05 bits per heavy atom. The van der Waals surface area contributed by atoms with Gasteiger partial charge >= 0.3 is 0 Å². The van der Waals surface area contributed by atoms with Gasteiger partial charge in [0.15, 0.2) is 0 Å². The molecule has 0 aliphatic heterocycles. The first kappa shape index (κ1) is 14.2. The van der Waals surface area contributed by atoms with E-state index in [4.69, 9.17) is 0 Å². The van der Waals surface area contributed by atoms with Crippen LogP contribution in [-0.2, 0) is 18.9 Å². The van der Waals surface area contributed by atoms with Gasteiger partial charge in [-0.3, -0.25) is 0 Å². The number of aliphatic hydroxyl groups excluding tert-OH is 2. The molecule has 2 N–H and O–H groups in total. The monoisotopic (exact) mass is 325 g/mol. The van der Waals surface area contributed by atoms with E-state index in [1.807, 2.05) is 31.3 Å². The molecule has 102 valence electrons. The van der Waals surface area contributed by atoms with Crippen molar-refractivity contribution in [1.29, 1.82) is 0 Å². The van der Waals surface area contributed by atoms with Crippen LogP contribution in [0.3, 0.4) is 0 Å². The minimum atomic E-state index is -0.759. The van der Waals surface area contributed by atoms with Crippen LogP contribution < -0.4 is 0 Å². The number of aromatic nitrogens is 3. The first-order valence-corrected chi connectivity index (χ1v) is 6.71. The van der Waals surface area contributed by atoms with Crippen molar-refractivity contribution in [3.05, 3.63) is 46.5 Å². The molecule has 2 rings (SSSR count). The molecule has 0 aliphatic carbocycles. The molecule has 0 radical (unpaired) electrons. The fraction of sp³-hybridized carbons (Fsp3) is 0.385. The van der Waals surface area contributed by atoms with Crippen molar-refractivity contribution in [2.24, 2.45) is 7.05 Å². The Labute approximate surface area is 120 Å². The third-order valence-corrected chi connectivity index (χ3v) is 3.84. The first-order chi connectivity index (χ1) is 9.11. The Hall–Kier alpha value is -1.24. The molecule has 0 saturated heterocycles. The lowest BCUT2D eigenvalue weighted by atomic mass is 9.78. The number of nitrogens with zero attached hydrogens (tertiary/aromatic N) is 3. The highest BCUT2D eigenvalue weighted by molar-refractivity contribution is 9.10. The van der Waals surface area contributed by atoms with Gasteiger partial charge in [0.05, 0.1) is 13.2 Å². The van der Waals surface area contributed by atoms with Gasteiger partial charge in [-0.2, -0.15) is 0 Å². The molecule has 5 nitrogen and oxygen atoms in total. The van der Waals surface area contributed by atoms with Crippen LogP contribution in [0.4, 0.5) is 0 Å². The SMILES string of the molecule is Cn1cnnc1CC(CO)(CO)c1cccc(Br)c1. The van der Waals surface area contributed by atoms with Crippen LogP contribution in [0, 0.1) is 0 Å². The predicted octanol–water partition coefficient (Wildman–Crippen LogP) is 1.04. The largest absolute Gasteiger partial charge is 0.395 e. The number of rotatable bonds is 5. The standard InChI is InChI=1S/C13H16BrN3O2/c1-17-9-15-16-12(17)6-13(7-18,8-19)10-3-2-4-11(14)5-10/h2-5,9,18-19H,6-8H2,1H3. The van der Waals surface area contributed by atoms with Crippen LogP contribution in [0.15, 0.2) is 35.1 Å². The van der Waals surface area contributed by atoms with E-state index in [1.165, 1.54) is 0 Å². The van der Waals surface area contributed by atoms with E-state index >= 15 is 0 Å². The van der Waals surface area contributed by atoms with E-state index in [0.717, 1.165) is 15.9 Å². The summed E-state index contributed by atoms with van der Waals surface area (Å²) in [6.45, 7) is -0.320. The summed E-state index contributed by atoms with van der Waals surface area (Å²) < 4.78 is 2.70. The Morgan fingerprint density at radius 3 is 2.58 bits per heavy atom. The topological polar surface area (TPSA) is 71.2 Å². The van der Waals surface area contributed by atoms with E-state index in [9.17, 15) is 10.2 Å². The molecule has 19 heavy (non-hydrogen) atoms. The average Bonchev–Trinajstić information content (AvgIpc) is 2.81. The van der Waals surface area contributed by atoms with Crippen LogP contribution in [-0.4, -0.2) is 38.2 Å². The van der Waals surface area contributed by atoms with Crippen molar-refractivity contribution < 1.29 is 10.2 Å². The van der Waals surface area contributed by atoms with Gasteiger partial charge in [0.25, 0.3) is 0 Å². The minimum Gasteiger partial charge on any atom is -0.395 e. The number of aliphatic hydroxyl groups is 2. The molecule has 1 aromatic heterocycles. The summed E-state index contributed by atoms with van der Waals surface area (Å²) in [6, 6.07) is 7.60. The molecule has 0 amide bonds. The van der Waals surface area contributed by atoms with Gasteiger partial charge in [-0.25, -0.2) is 0 Å². The van der Waals surface area contributed by atoms with Crippen LogP contribution >= 0.6 is 15.9 Å². The molecule has 0 saturated carbocycles. The van der Waals surface area contributed by atoms with Crippen LogP contribution in [0.1, 0.15) is 11.4 Å². The zero-order valence-electron chi connectivity index (χ0n) is 10.6. The molecular formula is C13H16BrN3O2. The number of hydrogen-bond donors (Lipinski definition) is 2. The van der Waals surface area contributed by atoms with Gasteiger partial charge in [0.2, 0.25) is 0 Å². The molecule has 0 bridgehead atoms. The number of halogens is 1. The fourth-order valence-electron chi connectivity index (χ4n) is 2.03. The Kier molecular flexibility index (Phi) is 4.34. The van der Waals surface area contributed by atoms with E-state index in [1.54, 1.807) is 10.9 Å². The zero-order valence-corrected chi connectivity index (χ0v) is 12.2. The van der Waals surface area contributed by atoms with Crippen molar-refractivity contribution in [2.45, 2.75) is 11.8 Å². The average molecular weight is 326 g/mol. The maximum absolute atomic E-state index is 9.78. The van der Waals surface area contributed by atoms with Gasteiger partial charge in [0, 0.05) is 23.4 Å². The molecule has 0 unspecified atom stereocenters. The second-order valence-electron chi connectivity index (χ2n) is 4.64. The zero-order chi connectivity index (χ0) is 13.9. The summed E-state index contributed by atoms with van der Waals surface area (Å²) in [5.41, 5.74) is 0.111. The second kappa shape index (κ2) is 5.81. The first-order valence-electron chi connectivity index (χ1n) is 5.92. The summed E-state index contributed by atoms with van der Waals surface area (Å²) in [5, 5.41) is 27.4. The van der Waals surface area contributed by atoms with Crippen LogP contribution in [0.2, 0.25) is 0 Å². The van der Waals surface area contributed by atoms with Gasteiger partial charge < -0.3 is 14.8 Å². The summed E-state index contributed by atoms with van der Waals surface area (Å²) in [7, 11) is 1.84. The fourth-order valence-corrected chi connectivity index (χ4v) is 2.43. The highest BCUT2D eigenvalue weighted by atomic mass is 79.9. The Balaban J connectivity index is 2.40. The van der Waals surface area contributed by atoms with Gasteiger partial charge in [-0.1, -0.05) is 28.1 Å². The van der Waals surface area contributed by atoms with Crippen molar-refractivity contribution in [1.82, 2.24) is 14.8 Å². The number of hydrogen-bond acceptors (Lipinski definition) is 4. The predicted molar refractivity (Wildman–Crippen MR) is 74.7 cm³/mol. The van der Waals surface area contributed by atoms with Crippen molar-refractivity contribution >= 4 is 15.9 Å². The smallest absolute Gasteiger partial charge is 0.133 e. The Morgan fingerprint density at radius 1 is 1.32 bits per heavy atom. The van der Waals surface area contributed by atoms with E-state index in [-0.39, 0.29) is 13.2 Å². The summed E-state index contributed by atoms with van der Waals surface area (Å²) in [4.78, 5) is 0. The van der Waals surface area contributed by atoms with E-state index in [0.29, 0.717) is 6.42 Å². The molecule has 0 spiro atoms. The quantitative estimate of drug-likeness (QED) is 0.861. The number of benzene rings is 1. The molecule has 1 heterocycles. The van der Waals surface area contributed by atoms with Crippen LogP contribution in [0.5, 0.6) is 0 Å². The molecule has 6 heteroatoms. The number of aryl methyl sites for hydroxylation is 1. The molecular weight excluding hydrogens is 310 g/mol. The minimum absolute atomic E-state index is 0.160. The molecule has 0 atom stereocenters. The Bertz CT molecular complexity index is 552. The van der Waals surface area contributed by atoms with E-state index in [2.05, 4.69) is 26.1 Å². The summed E-state index contributed by atoms with van der Waals surface area (Å²) >= 11 is 3.41. The molecule has 2 aromatic rings. The maximum Gasteiger partial charge on any atom is 0.133 e. The van der Waals surface area contributed by atoms with Gasteiger partial charge in [-0.05, 0) is 17.7 Å². The second-order valence-corrected chi connectivity index (χ2v) is 5.56. The normalized spacial score (nSPS) is 11.8. The summed E-state index contributed by atoms with van der Waals surface area (Å²) in [6.07, 6.45) is 2.03. The maximum atomic E-state index is 9.78. The highest BCUT2D eigenvalue weighted by Gasteiger charge is 2.33.